The number of carbonyl (C=O) groups is 1. The molecular weight excluding hydrogens is 365 g/mol. The fourth-order valence-electron chi connectivity index (χ4n) is 5.00. The first-order valence-electron chi connectivity index (χ1n) is 9.72. The van der Waals surface area contributed by atoms with Crippen molar-refractivity contribution in [2.75, 3.05) is 16.8 Å². The Morgan fingerprint density at radius 3 is 2.43 bits per heavy atom. The summed E-state index contributed by atoms with van der Waals surface area (Å²) in [5, 5.41) is 2.43. The van der Waals surface area contributed by atoms with Crippen molar-refractivity contribution < 1.29 is 18.0 Å². The van der Waals surface area contributed by atoms with Gasteiger partial charge >= 0.3 is 0 Å². The van der Waals surface area contributed by atoms with Crippen molar-refractivity contribution >= 4 is 17.3 Å². The second-order valence-electron chi connectivity index (χ2n) is 8.57. The van der Waals surface area contributed by atoms with Crippen LogP contribution in [0.15, 0.2) is 30.3 Å². The summed E-state index contributed by atoms with van der Waals surface area (Å²) in [5.74, 6) is -1.38. The van der Waals surface area contributed by atoms with Crippen LogP contribution in [0.2, 0.25) is 0 Å². The lowest BCUT2D eigenvalue weighted by molar-refractivity contribution is -0.139. The lowest BCUT2D eigenvalue weighted by Crippen LogP contribution is -2.53. The van der Waals surface area contributed by atoms with Crippen LogP contribution >= 0.6 is 0 Å². The van der Waals surface area contributed by atoms with Crippen molar-refractivity contribution in [3.05, 3.63) is 58.9 Å². The molecule has 1 N–H and O–H groups in total. The molecule has 6 heteroatoms. The van der Waals surface area contributed by atoms with Crippen molar-refractivity contribution in [3.8, 4) is 0 Å². The zero-order valence-corrected chi connectivity index (χ0v) is 15.4. The maximum Gasteiger partial charge on any atom is 0.225 e. The third-order valence-corrected chi connectivity index (χ3v) is 6.54. The zero-order valence-electron chi connectivity index (χ0n) is 15.4. The van der Waals surface area contributed by atoms with Crippen LogP contribution in [0.1, 0.15) is 36.8 Å². The van der Waals surface area contributed by atoms with Crippen molar-refractivity contribution in [1.82, 2.24) is 0 Å². The first-order valence-corrected chi connectivity index (χ1v) is 9.72. The predicted octanol–water partition coefficient (Wildman–Crippen LogP) is 4.80. The summed E-state index contributed by atoms with van der Waals surface area (Å²) < 4.78 is 42.5. The van der Waals surface area contributed by atoms with Gasteiger partial charge in [0.25, 0.3) is 0 Å². The van der Waals surface area contributed by atoms with E-state index in [1.165, 1.54) is 24.3 Å². The number of nitrogens with one attached hydrogen (secondary N) is 1. The van der Waals surface area contributed by atoms with Crippen LogP contribution in [0, 0.1) is 28.8 Å². The largest absolute Gasteiger partial charge is 0.367 e. The van der Waals surface area contributed by atoms with Crippen molar-refractivity contribution in [1.29, 1.82) is 0 Å². The standard InChI is InChI=1S/C22H21F3N2O/c23-16-2-1-15-12-27(4-3-14(15)5-16)17-6-18(24)21(19(25)7-17)26-20(28)11-22-8-13(9-22)10-22/h1-2,5-7,13H,3-4,8-12H2,(H,26,28). The topological polar surface area (TPSA) is 32.3 Å². The van der Waals surface area contributed by atoms with Crippen molar-refractivity contribution in [2.45, 2.75) is 38.6 Å². The minimum Gasteiger partial charge on any atom is -0.367 e. The molecular formula is C22H21F3N2O. The van der Waals surface area contributed by atoms with Crippen LogP contribution in [0.25, 0.3) is 0 Å². The third-order valence-electron chi connectivity index (χ3n) is 6.54. The van der Waals surface area contributed by atoms with E-state index in [4.69, 9.17) is 0 Å². The molecule has 0 aromatic heterocycles. The minimum absolute atomic E-state index is 0.0856. The SMILES string of the molecule is O=C(CC12CC(C1)C2)Nc1c(F)cc(N2CCc3cc(F)ccc3C2)cc1F. The molecule has 4 aliphatic rings. The Morgan fingerprint density at radius 2 is 1.79 bits per heavy atom. The Kier molecular flexibility index (Phi) is 3.93. The molecule has 0 spiro atoms. The van der Waals surface area contributed by atoms with E-state index in [-0.39, 0.29) is 22.8 Å². The summed E-state index contributed by atoms with van der Waals surface area (Å²) in [6, 6.07) is 7.14. The maximum atomic E-state index is 14.6. The van der Waals surface area contributed by atoms with Gasteiger partial charge in [0.15, 0.2) is 11.6 Å². The highest BCUT2D eigenvalue weighted by molar-refractivity contribution is 5.92. The van der Waals surface area contributed by atoms with Crippen LogP contribution < -0.4 is 10.2 Å². The van der Waals surface area contributed by atoms with E-state index < -0.39 is 11.6 Å². The molecule has 0 saturated heterocycles. The van der Waals surface area contributed by atoms with Gasteiger partial charge in [-0.3, -0.25) is 4.79 Å². The molecule has 2 bridgehead atoms. The summed E-state index contributed by atoms with van der Waals surface area (Å²) in [7, 11) is 0. The minimum atomic E-state index is -0.772. The third kappa shape index (κ3) is 2.95. The quantitative estimate of drug-likeness (QED) is 0.819. The molecule has 1 amide bonds. The van der Waals surface area contributed by atoms with Crippen LogP contribution in [0.4, 0.5) is 24.5 Å². The predicted molar refractivity (Wildman–Crippen MR) is 101 cm³/mol. The molecule has 3 aliphatic carbocycles. The van der Waals surface area contributed by atoms with E-state index in [9.17, 15) is 18.0 Å². The van der Waals surface area contributed by atoms with Gasteiger partial charge in [-0.15, -0.1) is 0 Å². The highest BCUT2D eigenvalue weighted by Crippen LogP contribution is 2.66. The number of hydrogen-bond acceptors (Lipinski definition) is 2. The smallest absolute Gasteiger partial charge is 0.225 e. The van der Waals surface area contributed by atoms with Crippen LogP contribution in [-0.4, -0.2) is 12.5 Å². The number of nitrogens with zero attached hydrogens (tertiary/aromatic N) is 1. The zero-order chi connectivity index (χ0) is 19.5. The van der Waals surface area contributed by atoms with Crippen LogP contribution in [0.3, 0.4) is 0 Å². The summed E-state index contributed by atoms with van der Waals surface area (Å²) in [6.45, 7) is 1.01. The lowest BCUT2D eigenvalue weighted by Gasteiger charge is -2.61. The molecule has 3 saturated carbocycles. The number of amides is 1. The average Bonchev–Trinajstić information content (AvgIpc) is 2.59. The number of benzene rings is 2. The monoisotopic (exact) mass is 386 g/mol. The molecule has 0 atom stereocenters. The summed E-state index contributed by atoms with van der Waals surface area (Å²) >= 11 is 0. The summed E-state index contributed by atoms with van der Waals surface area (Å²) in [6.07, 6.45) is 4.13. The van der Waals surface area contributed by atoms with E-state index >= 15 is 0 Å². The van der Waals surface area contributed by atoms with Crippen molar-refractivity contribution in [2.24, 2.45) is 11.3 Å². The molecule has 6 rings (SSSR count). The highest BCUT2D eigenvalue weighted by atomic mass is 19.1. The molecule has 0 unspecified atom stereocenters. The molecule has 3 nitrogen and oxygen atoms in total. The number of carbonyl (C=O) groups excluding carboxylic acids is 1. The van der Waals surface area contributed by atoms with Gasteiger partial charge < -0.3 is 10.2 Å². The maximum absolute atomic E-state index is 14.6. The van der Waals surface area contributed by atoms with Crippen molar-refractivity contribution in [3.63, 3.8) is 0 Å². The lowest BCUT2D eigenvalue weighted by atomic mass is 9.43. The fourth-order valence-corrected chi connectivity index (χ4v) is 5.00. The molecule has 28 heavy (non-hydrogen) atoms. The van der Waals surface area contributed by atoms with Gasteiger partial charge in [-0.25, -0.2) is 13.2 Å². The van der Waals surface area contributed by atoms with Gasteiger partial charge in [-0.05, 0) is 72.4 Å². The first kappa shape index (κ1) is 17.6. The Balaban J connectivity index is 1.31. The van der Waals surface area contributed by atoms with E-state index in [1.807, 2.05) is 4.90 Å². The van der Waals surface area contributed by atoms with Gasteiger partial charge in [0.1, 0.15) is 11.5 Å². The number of fused-ring (bicyclic) bond motifs is 1. The van der Waals surface area contributed by atoms with E-state index in [2.05, 4.69) is 5.32 Å². The highest BCUT2D eigenvalue weighted by Gasteiger charge is 2.57. The molecule has 146 valence electrons. The van der Waals surface area contributed by atoms with Gasteiger partial charge in [-0.2, -0.15) is 0 Å². The number of anilines is 2. The Morgan fingerprint density at radius 1 is 1.07 bits per heavy atom. The van der Waals surface area contributed by atoms with Gasteiger partial charge in [-0.1, -0.05) is 6.07 Å². The van der Waals surface area contributed by atoms with E-state index in [0.717, 1.165) is 36.3 Å². The van der Waals surface area contributed by atoms with Gasteiger partial charge in [0.2, 0.25) is 5.91 Å². The Bertz CT molecular complexity index is 934. The molecule has 1 heterocycles. The molecule has 2 aromatic rings. The fraction of sp³-hybridized carbons (Fsp3) is 0.409. The average molecular weight is 386 g/mol. The Hall–Kier alpha value is -2.50. The van der Waals surface area contributed by atoms with E-state index in [1.54, 1.807) is 6.07 Å². The van der Waals surface area contributed by atoms with E-state index in [0.29, 0.717) is 31.6 Å². The van der Waals surface area contributed by atoms with Gasteiger partial charge in [0.05, 0.1) is 0 Å². The number of halogens is 3. The second kappa shape index (κ2) is 6.26. The number of rotatable bonds is 4. The molecule has 2 aromatic carbocycles. The Labute approximate surface area is 161 Å². The van der Waals surface area contributed by atoms with Gasteiger partial charge in [0, 0.05) is 25.2 Å². The van der Waals surface area contributed by atoms with Crippen LogP contribution in [0.5, 0.6) is 0 Å². The number of hydrogen-bond donors (Lipinski definition) is 1. The molecule has 1 aliphatic heterocycles. The molecule has 3 fully saturated rings. The first-order chi connectivity index (χ1) is 13.4. The summed E-state index contributed by atoms with van der Waals surface area (Å²) in [4.78, 5) is 14.1. The van der Waals surface area contributed by atoms with Crippen LogP contribution in [-0.2, 0) is 17.8 Å². The normalized spacial score (nSPS) is 24.8. The molecule has 0 radical (unpaired) electrons. The summed E-state index contributed by atoms with van der Waals surface area (Å²) in [5.41, 5.74) is 2.00. The second-order valence-corrected chi connectivity index (χ2v) is 8.57.